The Bertz CT molecular complexity index is 1250. The standard InChI is InChI=1S/C24H21F3N4O2/c1-31-12-28-30-22(31)19(14-4-2-5-14)15-6-3-7-16(10-15)21-20-17(23(33)29-21)8-13(11-32)9-18(20)24(25,26)27/h3,6-12,14,19,21H,2,4-5H2,1H3,(H,29,33)/t19-,21?/m1/s1. The van der Waals surface area contributed by atoms with E-state index in [2.05, 4.69) is 15.5 Å². The number of aryl methyl sites for hydroxylation is 1. The maximum absolute atomic E-state index is 13.9. The Balaban J connectivity index is 1.62. The zero-order valence-electron chi connectivity index (χ0n) is 17.8. The highest BCUT2D eigenvalue weighted by molar-refractivity contribution is 6.01. The molecule has 2 aliphatic rings. The van der Waals surface area contributed by atoms with Gasteiger partial charge in [-0.2, -0.15) is 13.2 Å². The Morgan fingerprint density at radius 3 is 2.61 bits per heavy atom. The zero-order chi connectivity index (χ0) is 23.3. The molecular weight excluding hydrogens is 433 g/mol. The summed E-state index contributed by atoms with van der Waals surface area (Å²) in [7, 11) is 1.87. The third-order valence-electron chi connectivity index (χ3n) is 6.70. The first-order valence-electron chi connectivity index (χ1n) is 10.7. The van der Waals surface area contributed by atoms with Crippen LogP contribution in [0.5, 0.6) is 0 Å². The molecule has 1 aliphatic heterocycles. The van der Waals surface area contributed by atoms with Crippen molar-refractivity contribution in [3.8, 4) is 0 Å². The Kier molecular flexibility index (Phi) is 5.07. The molecule has 2 heterocycles. The van der Waals surface area contributed by atoms with Crippen LogP contribution in [0, 0.1) is 5.92 Å². The predicted molar refractivity (Wildman–Crippen MR) is 113 cm³/mol. The van der Waals surface area contributed by atoms with Crippen LogP contribution in [0.15, 0.2) is 42.7 Å². The Hall–Kier alpha value is -3.49. The van der Waals surface area contributed by atoms with Crippen LogP contribution >= 0.6 is 0 Å². The molecule has 0 spiro atoms. The normalized spacial score (nSPS) is 19.0. The number of rotatable bonds is 5. The SMILES string of the molecule is Cn1cnnc1[C@@H](c1cccc(C2NC(=O)c3cc(C=O)cc(C(F)(F)F)c32)c1)C1CCC1. The molecule has 0 bridgehead atoms. The summed E-state index contributed by atoms with van der Waals surface area (Å²) in [4.78, 5) is 23.8. The molecule has 5 rings (SSSR count). The number of hydrogen-bond donors (Lipinski definition) is 1. The third kappa shape index (κ3) is 3.61. The minimum absolute atomic E-state index is 0.0395. The van der Waals surface area contributed by atoms with E-state index >= 15 is 0 Å². The van der Waals surface area contributed by atoms with E-state index in [0.29, 0.717) is 17.8 Å². The first-order chi connectivity index (χ1) is 15.8. The predicted octanol–water partition coefficient (Wildman–Crippen LogP) is 4.41. The number of amides is 1. The molecule has 2 atom stereocenters. The van der Waals surface area contributed by atoms with E-state index in [-0.39, 0.29) is 22.6 Å². The summed E-state index contributed by atoms with van der Waals surface area (Å²) in [5, 5.41) is 11.0. The minimum Gasteiger partial charge on any atom is -0.341 e. The number of nitrogens with one attached hydrogen (secondary N) is 1. The molecular formula is C24H21F3N4O2. The number of aromatic nitrogens is 3. The van der Waals surface area contributed by atoms with E-state index in [0.717, 1.165) is 36.7 Å². The fraction of sp³-hybridized carbons (Fsp3) is 0.333. The first kappa shape index (κ1) is 21.4. The van der Waals surface area contributed by atoms with Crippen LogP contribution < -0.4 is 5.32 Å². The van der Waals surface area contributed by atoms with Crippen molar-refractivity contribution >= 4 is 12.2 Å². The topological polar surface area (TPSA) is 76.9 Å². The van der Waals surface area contributed by atoms with Crippen molar-refractivity contribution in [1.82, 2.24) is 20.1 Å². The summed E-state index contributed by atoms with van der Waals surface area (Å²) < 4.78 is 43.6. The quantitative estimate of drug-likeness (QED) is 0.580. The van der Waals surface area contributed by atoms with Gasteiger partial charge < -0.3 is 9.88 Å². The first-order valence-corrected chi connectivity index (χ1v) is 10.7. The third-order valence-corrected chi connectivity index (χ3v) is 6.70. The zero-order valence-corrected chi connectivity index (χ0v) is 17.8. The van der Waals surface area contributed by atoms with Crippen LogP contribution in [0.25, 0.3) is 0 Å². The molecule has 1 aromatic heterocycles. The molecule has 1 saturated carbocycles. The largest absolute Gasteiger partial charge is 0.416 e. The van der Waals surface area contributed by atoms with Crippen molar-refractivity contribution in [2.24, 2.45) is 13.0 Å². The summed E-state index contributed by atoms with van der Waals surface area (Å²) in [6.45, 7) is 0. The molecule has 1 unspecified atom stereocenters. The second-order valence-corrected chi connectivity index (χ2v) is 8.69. The lowest BCUT2D eigenvalue weighted by Crippen LogP contribution is -2.25. The number of alkyl halides is 3. The Labute approximate surface area is 187 Å². The van der Waals surface area contributed by atoms with Gasteiger partial charge in [-0.15, -0.1) is 10.2 Å². The number of nitrogens with zero attached hydrogens (tertiary/aromatic N) is 3. The fourth-order valence-corrected chi connectivity index (χ4v) is 4.92. The van der Waals surface area contributed by atoms with Gasteiger partial charge in [0.05, 0.1) is 11.6 Å². The van der Waals surface area contributed by atoms with Gasteiger partial charge in [0.25, 0.3) is 5.91 Å². The van der Waals surface area contributed by atoms with Crippen LogP contribution in [0.3, 0.4) is 0 Å². The molecule has 2 aromatic carbocycles. The lowest BCUT2D eigenvalue weighted by molar-refractivity contribution is -0.138. The minimum atomic E-state index is -4.71. The van der Waals surface area contributed by atoms with Crippen molar-refractivity contribution in [3.05, 3.63) is 81.9 Å². The Morgan fingerprint density at radius 1 is 1.21 bits per heavy atom. The molecule has 1 amide bonds. The number of fused-ring (bicyclic) bond motifs is 1. The second-order valence-electron chi connectivity index (χ2n) is 8.69. The van der Waals surface area contributed by atoms with E-state index in [1.807, 2.05) is 23.7 Å². The van der Waals surface area contributed by atoms with Gasteiger partial charge in [0.1, 0.15) is 18.4 Å². The van der Waals surface area contributed by atoms with E-state index in [1.54, 1.807) is 18.5 Å². The van der Waals surface area contributed by atoms with Gasteiger partial charge in [-0.1, -0.05) is 30.7 Å². The average molecular weight is 454 g/mol. The highest BCUT2D eigenvalue weighted by atomic mass is 19.4. The number of halogens is 3. The second kappa shape index (κ2) is 7.83. The van der Waals surface area contributed by atoms with Gasteiger partial charge in [0.2, 0.25) is 0 Å². The summed E-state index contributed by atoms with van der Waals surface area (Å²) in [6.07, 6.45) is 0.450. The molecule has 0 radical (unpaired) electrons. The molecule has 0 saturated heterocycles. The molecule has 33 heavy (non-hydrogen) atoms. The highest BCUT2D eigenvalue weighted by Crippen LogP contribution is 2.45. The summed E-state index contributed by atoms with van der Waals surface area (Å²) in [6, 6.07) is 8.36. The van der Waals surface area contributed by atoms with E-state index in [4.69, 9.17) is 0 Å². The van der Waals surface area contributed by atoms with Crippen LogP contribution in [0.1, 0.15) is 80.0 Å². The van der Waals surface area contributed by atoms with Crippen molar-refractivity contribution < 1.29 is 22.8 Å². The van der Waals surface area contributed by atoms with Crippen molar-refractivity contribution in [3.63, 3.8) is 0 Å². The summed E-state index contributed by atoms with van der Waals surface area (Å²) in [5.41, 5.74) is 0.0578. The number of benzene rings is 2. The van der Waals surface area contributed by atoms with Crippen molar-refractivity contribution in [1.29, 1.82) is 0 Å². The maximum Gasteiger partial charge on any atom is 0.416 e. The van der Waals surface area contributed by atoms with Gasteiger partial charge >= 0.3 is 6.18 Å². The fourth-order valence-electron chi connectivity index (χ4n) is 4.92. The van der Waals surface area contributed by atoms with E-state index < -0.39 is 23.7 Å². The lowest BCUT2D eigenvalue weighted by Gasteiger charge is -2.33. The van der Waals surface area contributed by atoms with Gasteiger partial charge in [-0.05, 0) is 42.0 Å². The van der Waals surface area contributed by atoms with Crippen molar-refractivity contribution in [2.75, 3.05) is 0 Å². The number of carbonyl (C=O) groups is 2. The number of hydrogen-bond acceptors (Lipinski definition) is 4. The molecule has 6 nitrogen and oxygen atoms in total. The van der Waals surface area contributed by atoms with Gasteiger partial charge in [0, 0.05) is 29.7 Å². The molecule has 9 heteroatoms. The Morgan fingerprint density at radius 2 is 2.00 bits per heavy atom. The number of carbonyl (C=O) groups excluding carboxylic acids is 2. The van der Waals surface area contributed by atoms with Gasteiger partial charge in [-0.3, -0.25) is 9.59 Å². The number of aldehydes is 1. The lowest BCUT2D eigenvalue weighted by atomic mass is 9.72. The molecule has 1 aliphatic carbocycles. The smallest absolute Gasteiger partial charge is 0.341 e. The summed E-state index contributed by atoms with van der Waals surface area (Å²) in [5.74, 6) is 0.509. The van der Waals surface area contributed by atoms with Gasteiger partial charge in [0.15, 0.2) is 0 Å². The van der Waals surface area contributed by atoms with E-state index in [9.17, 15) is 22.8 Å². The molecule has 170 valence electrons. The highest BCUT2D eigenvalue weighted by Gasteiger charge is 2.42. The maximum atomic E-state index is 13.9. The monoisotopic (exact) mass is 454 g/mol. The summed E-state index contributed by atoms with van der Waals surface area (Å²) >= 11 is 0. The van der Waals surface area contributed by atoms with Gasteiger partial charge in [-0.25, -0.2) is 0 Å². The van der Waals surface area contributed by atoms with Crippen LogP contribution in [-0.4, -0.2) is 27.0 Å². The molecule has 3 aromatic rings. The van der Waals surface area contributed by atoms with Crippen LogP contribution in [-0.2, 0) is 13.2 Å². The van der Waals surface area contributed by atoms with E-state index in [1.165, 1.54) is 6.07 Å². The average Bonchev–Trinajstić information content (AvgIpc) is 3.32. The molecule has 1 N–H and O–H groups in total. The molecule has 1 fully saturated rings. The van der Waals surface area contributed by atoms with Crippen LogP contribution in [0.4, 0.5) is 13.2 Å². The van der Waals surface area contributed by atoms with Crippen molar-refractivity contribution in [2.45, 2.75) is 37.4 Å². The van der Waals surface area contributed by atoms with Crippen LogP contribution in [0.2, 0.25) is 0 Å².